The van der Waals surface area contributed by atoms with E-state index in [2.05, 4.69) is 21.8 Å². The molecule has 1 saturated heterocycles. The molecule has 1 aromatic heterocycles. The highest BCUT2D eigenvalue weighted by Gasteiger charge is 2.26. The van der Waals surface area contributed by atoms with Gasteiger partial charge in [-0.15, -0.1) is 0 Å². The highest BCUT2D eigenvalue weighted by Crippen LogP contribution is 2.20. The fourth-order valence-electron chi connectivity index (χ4n) is 3.46. The van der Waals surface area contributed by atoms with Gasteiger partial charge in [0.25, 0.3) is 11.9 Å². The number of aromatic amines is 1. The van der Waals surface area contributed by atoms with Crippen molar-refractivity contribution in [2.45, 2.75) is 32.7 Å². The largest absolute Gasteiger partial charge is 0.465 e. The van der Waals surface area contributed by atoms with E-state index in [-0.39, 0.29) is 5.91 Å². The third-order valence-corrected chi connectivity index (χ3v) is 4.72. The van der Waals surface area contributed by atoms with Crippen molar-refractivity contribution in [1.29, 1.82) is 0 Å². The SMILES string of the molecule is CCOc1nc2ccc(C(=O)N(C)CC3CCCN3CC)cc2[nH]1. The predicted octanol–water partition coefficient (Wildman–Crippen LogP) is 2.52. The van der Waals surface area contributed by atoms with Gasteiger partial charge in [0, 0.05) is 25.2 Å². The van der Waals surface area contributed by atoms with Gasteiger partial charge in [0.1, 0.15) is 0 Å². The Hall–Kier alpha value is -2.08. The van der Waals surface area contributed by atoms with E-state index in [0.717, 1.165) is 30.7 Å². The minimum Gasteiger partial charge on any atom is -0.465 e. The molecule has 6 heteroatoms. The topological polar surface area (TPSA) is 61.5 Å². The van der Waals surface area contributed by atoms with Crippen molar-refractivity contribution in [3.05, 3.63) is 23.8 Å². The normalized spacial score (nSPS) is 18.2. The van der Waals surface area contributed by atoms with Gasteiger partial charge in [-0.1, -0.05) is 6.92 Å². The van der Waals surface area contributed by atoms with Gasteiger partial charge in [-0.3, -0.25) is 9.69 Å². The number of ether oxygens (including phenoxy) is 1. The van der Waals surface area contributed by atoms with Gasteiger partial charge in [0.05, 0.1) is 17.6 Å². The second kappa shape index (κ2) is 7.21. The zero-order chi connectivity index (χ0) is 17.1. The highest BCUT2D eigenvalue weighted by molar-refractivity contribution is 5.97. The highest BCUT2D eigenvalue weighted by atomic mass is 16.5. The van der Waals surface area contributed by atoms with Gasteiger partial charge in [-0.05, 0) is 51.1 Å². The number of imidazole rings is 1. The first-order valence-electron chi connectivity index (χ1n) is 8.74. The fraction of sp³-hybridized carbons (Fsp3) is 0.556. The monoisotopic (exact) mass is 330 g/mol. The maximum absolute atomic E-state index is 12.7. The van der Waals surface area contributed by atoms with Crippen LogP contribution < -0.4 is 4.74 Å². The Morgan fingerprint density at radius 2 is 2.29 bits per heavy atom. The molecule has 1 unspecified atom stereocenters. The summed E-state index contributed by atoms with van der Waals surface area (Å²) in [5.41, 5.74) is 2.32. The van der Waals surface area contributed by atoms with Crippen LogP contribution in [0.1, 0.15) is 37.0 Å². The van der Waals surface area contributed by atoms with Crippen LogP contribution in [0.5, 0.6) is 6.01 Å². The zero-order valence-electron chi connectivity index (χ0n) is 14.7. The number of carbonyl (C=O) groups is 1. The lowest BCUT2D eigenvalue weighted by molar-refractivity contribution is 0.0755. The molecule has 0 saturated carbocycles. The van der Waals surface area contributed by atoms with Gasteiger partial charge < -0.3 is 14.6 Å². The molecular formula is C18H26N4O2. The summed E-state index contributed by atoms with van der Waals surface area (Å²) in [4.78, 5) is 24.5. The van der Waals surface area contributed by atoms with Gasteiger partial charge in [0.2, 0.25) is 0 Å². The van der Waals surface area contributed by atoms with Gasteiger partial charge in [-0.2, -0.15) is 4.98 Å². The quantitative estimate of drug-likeness (QED) is 0.884. The molecule has 1 fully saturated rings. The van der Waals surface area contributed by atoms with Crippen molar-refractivity contribution < 1.29 is 9.53 Å². The molecule has 1 aromatic carbocycles. The Labute approximate surface area is 142 Å². The van der Waals surface area contributed by atoms with Crippen LogP contribution in [0, 0.1) is 0 Å². The number of benzene rings is 1. The number of rotatable bonds is 6. The molecule has 1 amide bonds. The van der Waals surface area contributed by atoms with Crippen LogP contribution in [0.2, 0.25) is 0 Å². The molecule has 1 aliphatic heterocycles. The van der Waals surface area contributed by atoms with Crippen molar-refractivity contribution >= 4 is 16.9 Å². The first-order valence-corrected chi connectivity index (χ1v) is 8.74. The zero-order valence-corrected chi connectivity index (χ0v) is 14.7. The molecule has 2 heterocycles. The molecule has 1 N–H and O–H groups in total. The average molecular weight is 330 g/mol. The van der Waals surface area contributed by atoms with E-state index in [0.29, 0.717) is 24.2 Å². The number of hydrogen-bond donors (Lipinski definition) is 1. The van der Waals surface area contributed by atoms with E-state index < -0.39 is 0 Å². The summed E-state index contributed by atoms with van der Waals surface area (Å²) in [6.07, 6.45) is 2.39. The minimum absolute atomic E-state index is 0.0485. The molecule has 0 radical (unpaired) electrons. The Kier molecular flexibility index (Phi) is 5.04. The number of amides is 1. The number of H-pyrrole nitrogens is 1. The second-order valence-electron chi connectivity index (χ2n) is 6.32. The van der Waals surface area contributed by atoms with Crippen LogP contribution in [0.15, 0.2) is 18.2 Å². The lowest BCUT2D eigenvalue weighted by atomic mass is 10.1. The molecular weight excluding hydrogens is 304 g/mol. The molecule has 0 bridgehead atoms. The minimum atomic E-state index is 0.0485. The maximum Gasteiger partial charge on any atom is 0.294 e. The van der Waals surface area contributed by atoms with Crippen LogP contribution in [-0.4, -0.2) is 65.0 Å². The third kappa shape index (κ3) is 3.38. The number of aromatic nitrogens is 2. The van der Waals surface area contributed by atoms with Crippen LogP contribution >= 0.6 is 0 Å². The van der Waals surface area contributed by atoms with Crippen molar-refractivity contribution in [2.24, 2.45) is 0 Å². The van der Waals surface area contributed by atoms with Crippen molar-refractivity contribution in [3.63, 3.8) is 0 Å². The Morgan fingerprint density at radius 1 is 1.46 bits per heavy atom. The van der Waals surface area contributed by atoms with Crippen molar-refractivity contribution in [2.75, 3.05) is 33.3 Å². The van der Waals surface area contributed by atoms with Gasteiger partial charge in [0.15, 0.2) is 0 Å². The summed E-state index contributed by atoms with van der Waals surface area (Å²) in [5.74, 6) is 0.0485. The molecule has 6 nitrogen and oxygen atoms in total. The number of fused-ring (bicyclic) bond motifs is 1. The predicted molar refractivity (Wildman–Crippen MR) is 94.5 cm³/mol. The third-order valence-electron chi connectivity index (χ3n) is 4.72. The Bertz CT molecular complexity index is 712. The number of nitrogens with zero attached hydrogens (tertiary/aromatic N) is 3. The fourth-order valence-corrected chi connectivity index (χ4v) is 3.46. The lowest BCUT2D eigenvalue weighted by Crippen LogP contribution is -2.41. The summed E-state index contributed by atoms with van der Waals surface area (Å²) >= 11 is 0. The summed E-state index contributed by atoms with van der Waals surface area (Å²) in [5, 5.41) is 0. The van der Waals surface area contributed by atoms with Crippen LogP contribution in [0.3, 0.4) is 0 Å². The number of likely N-dealkylation sites (tertiary alicyclic amines) is 1. The van der Waals surface area contributed by atoms with E-state index >= 15 is 0 Å². The Morgan fingerprint density at radius 3 is 3.04 bits per heavy atom. The van der Waals surface area contributed by atoms with E-state index in [4.69, 9.17) is 4.74 Å². The lowest BCUT2D eigenvalue weighted by Gasteiger charge is -2.27. The van der Waals surface area contributed by atoms with E-state index in [1.165, 1.54) is 12.8 Å². The first kappa shape index (κ1) is 16.8. The van der Waals surface area contributed by atoms with Crippen molar-refractivity contribution in [3.8, 4) is 6.01 Å². The number of nitrogens with one attached hydrogen (secondary N) is 1. The molecule has 2 aromatic rings. The number of likely N-dealkylation sites (N-methyl/N-ethyl adjacent to an activating group) is 2. The summed E-state index contributed by atoms with van der Waals surface area (Å²) in [6, 6.07) is 6.53. The standard InChI is InChI=1S/C18H26N4O2/c1-4-22-10-6-7-14(22)12-21(3)17(23)13-8-9-15-16(11-13)20-18(19-15)24-5-2/h8-9,11,14H,4-7,10,12H2,1-3H3,(H,19,20). The smallest absolute Gasteiger partial charge is 0.294 e. The second-order valence-corrected chi connectivity index (χ2v) is 6.32. The molecule has 1 atom stereocenters. The molecule has 24 heavy (non-hydrogen) atoms. The molecule has 130 valence electrons. The average Bonchev–Trinajstić information content (AvgIpc) is 3.19. The number of hydrogen-bond acceptors (Lipinski definition) is 4. The van der Waals surface area contributed by atoms with Gasteiger partial charge >= 0.3 is 0 Å². The molecule has 0 aliphatic carbocycles. The summed E-state index contributed by atoms with van der Waals surface area (Å²) < 4.78 is 5.38. The molecule has 1 aliphatic rings. The van der Waals surface area contributed by atoms with Crippen LogP contribution in [0.25, 0.3) is 11.0 Å². The van der Waals surface area contributed by atoms with Crippen LogP contribution in [0.4, 0.5) is 0 Å². The van der Waals surface area contributed by atoms with E-state index in [9.17, 15) is 4.79 Å². The van der Waals surface area contributed by atoms with Crippen LogP contribution in [-0.2, 0) is 0 Å². The van der Waals surface area contributed by atoms with E-state index in [1.54, 1.807) is 0 Å². The van der Waals surface area contributed by atoms with Gasteiger partial charge in [-0.25, -0.2) is 0 Å². The summed E-state index contributed by atoms with van der Waals surface area (Å²) in [6.45, 7) is 7.63. The Balaban J connectivity index is 1.72. The summed E-state index contributed by atoms with van der Waals surface area (Å²) in [7, 11) is 1.89. The molecule has 3 rings (SSSR count). The molecule has 0 spiro atoms. The van der Waals surface area contributed by atoms with E-state index in [1.807, 2.05) is 37.1 Å². The first-order chi connectivity index (χ1) is 11.6. The maximum atomic E-state index is 12.7. The van der Waals surface area contributed by atoms with Crippen molar-refractivity contribution in [1.82, 2.24) is 19.8 Å². The number of carbonyl (C=O) groups excluding carboxylic acids is 1.